The van der Waals surface area contributed by atoms with Gasteiger partial charge in [-0.05, 0) is 37.7 Å². The average molecular weight is 410 g/mol. The van der Waals surface area contributed by atoms with Crippen LogP contribution in [-0.4, -0.2) is 50.1 Å². The highest BCUT2D eigenvalue weighted by Gasteiger charge is 2.41. The molecule has 7 nitrogen and oxygen atoms in total. The first-order chi connectivity index (χ1) is 13.4. The van der Waals surface area contributed by atoms with Crippen LogP contribution < -0.4 is 0 Å². The molecule has 2 fully saturated rings. The second-order valence-electron chi connectivity index (χ2n) is 7.48. The van der Waals surface area contributed by atoms with E-state index in [1.54, 1.807) is 0 Å². The summed E-state index contributed by atoms with van der Waals surface area (Å²) in [7, 11) is -2.15. The van der Waals surface area contributed by atoms with Crippen LogP contribution in [0.25, 0.3) is 0 Å². The zero-order valence-corrected chi connectivity index (χ0v) is 16.9. The topological polar surface area (TPSA) is 90.0 Å². The van der Waals surface area contributed by atoms with Crippen LogP contribution in [0.4, 0.5) is 0 Å². The molecule has 1 aromatic rings. The Labute approximate surface area is 166 Å². The minimum absolute atomic E-state index is 0.189. The Morgan fingerprint density at radius 1 is 1.00 bits per heavy atom. The van der Waals surface area contributed by atoms with Gasteiger partial charge in [-0.2, -0.15) is 0 Å². The van der Waals surface area contributed by atoms with Gasteiger partial charge in [0.15, 0.2) is 0 Å². The summed E-state index contributed by atoms with van der Waals surface area (Å²) in [4.78, 5) is 24.0. The van der Waals surface area contributed by atoms with Crippen molar-refractivity contribution in [2.45, 2.75) is 44.0 Å². The summed E-state index contributed by atoms with van der Waals surface area (Å²) in [6, 6.07) is 9.48. The van der Waals surface area contributed by atoms with E-state index in [1.807, 2.05) is 30.3 Å². The Kier molecular flexibility index (Phi) is 6.72. The predicted molar refractivity (Wildman–Crippen MR) is 103 cm³/mol. The molecular formula is C20H27NO6S. The molecule has 1 saturated carbocycles. The van der Waals surface area contributed by atoms with Gasteiger partial charge in [0.1, 0.15) is 6.61 Å². The van der Waals surface area contributed by atoms with Crippen LogP contribution in [-0.2, 0) is 35.7 Å². The van der Waals surface area contributed by atoms with Gasteiger partial charge in [0.25, 0.3) is 0 Å². The maximum atomic E-state index is 12.9. The van der Waals surface area contributed by atoms with E-state index in [0.717, 1.165) is 5.56 Å². The summed E-state index contributed by atoms with van der Waals surface area (Å²) in [5.74, 6) is -1.25. The Morgan fingerprint density at radius 2 is 1.68 bits per heavy atom. The molecule has 1 aliphatic carbocycles. The lowest BCUT2D eigenvalue weighted by Gasteiger charge is -2.30. The third-order valence-electron chi connectivity index (χ3n) is 5.70. The minimum Gasteiger partial charge on any atom is -0.469 e. The molecule has 1 atom stereocenters. The quantitative estimate of drug-likeness (QED) is 0.669. The van der Waals surface area contributed by atoms with Gasteiger partial charge < -0.3 is 9.47 Å². The summed E-state index contributed by atoms with van der Waals surface area (Å²) >= 11 is 0. The molecule has 3 rings (SSSR count). The second kappa shape index (κ2) is 9.05. The molecule has 1 aromatic carbocycles. The number of methoxy groups -OCH3 is 1. The molecule has 0 bridgehead atoms. The smallest absolute Gasteiger partial charge is 0.310 e. The van der Waals surface area contributed by atoms with E-state index in [4.69, 9.17) is 9.47 Å². The summed E-state index contributed by atoms with van der Waals surface area (Å²) in [5, 5.41) is -0.498. The van der Waals surface area contributed by atoms with Gasteiger partial charge >= 0.3 is 11.9 Å². The summed E-state index contributed by atoms with van der Waals surface area (Å²) in [6.07, 6.45) is 2.38. The lowest BCUT2D eigenvalue weighted by atomic mass is 9.89. The highest BCUT2D eigenvalue weighted by atomic mass is 32.2. The van der Waals surface area contributed by atoms with Gasteiger partial charge in [0.2, 0.25) is 10.0 Å². The van der Waals surface area contributed by atoms with Gasteiger partial charge in [-0.15, -0.1) is 0 Å². The van der Waals surface area contributed by atoms with Crippen LogP contribution in [0.2, 0.25) is 0 Å². The largest absolute Gasteiger partial charge is 0.469 e. The number of nitrogens with zero attached hydrogens (tertiary/aromatic N) is 1. The maximum absolute atomic E-state index is 12.9. The van der Waals surface area contributed by atoms with Gasteiger partial charge in [-0.1, -0.05) is 30.3 Å². The van der Waals surface area contributed by atoms with E-state index in [-0.39, 0.29) is 36.9 Å². The molecule has 0 spiro atoms. The third kappa shape index (κ3) is 4.72. The Hall–Kier alpha value is -1.93. The molecule has 1 saturated heterocycles. The molecule has 1 heterocycles. The fraction of sp³-hybridized carbons (Fsp3) is 0.600. The first-order valence-electron chi connectivity index (χ1n) is 9.69. The van der Waals surface area contributed by atoms with Crippen molar-refractivity contribution in [1.82, 2.24) is 4.31 Å². The maximum Gasteiger partial charge on any atom is 0.310 e. The first-order valence-corrected chi connectivity index (χ1v) is 11.2. The molecule has 0 aromatic heterocycles. The highest BCUT2D eigenvalue weighted by molar-refractivity contribution is 7.89. The predicted octanol–water partition coefficient (Wildman–Crippen LogP) is 2.11. The number of ether oxygens (including phenoxy) is 2. The van der Waals surface area contributed by atoms with E-state index in [9.17, 15) is 18.0 Å². The molecule has 0 radical (unpaired) electrons. The lowest BCUT2D eigenvalue weighted by molar-refractivity contribution is -0.151. The molecule has 1 unspecified atom stereocenters. The Morgan fingerprint density at radius 3 is 2.32 bits per heavy atom. The van der Waals surface area contributed by atoms with E-state index < -0.39 is 15.3 Å². The number of esters is 2. The van der Waals surface area contributed by atoms with Gasteiger partial charge in [-0.3, -0.25) is 9.59 Å². The lowest BCUT2D eigenvalue weighted by Crippen LogP contribution is -2.40. The third-order valence-corrected chi connectivity index (χ3v) is 8.06. The van der Waals surface area contributed by atoms with E-state index >= 15 is 0 Å². The number of sulfonamides is 1. The van der Waals surface area contributed by atoms with Crippen LogP contribution in [0.1, 0.15) is 37.7 Å². The van der Waals surface area contributed by atoms with Crippen molar-refractivity contribution < 1.29 is 27.5 Å². The first kappa shape index (κ1) is 20.8. The second-order valence-corrected chi connectivity index (χ2v) is 9.69. The Balaban J connectivity index is 1.49. The Bertz CT molecular complexity index is 786. The standard InChI is InChI=1S/C20H27NO6S/c1-26-19(22)17-11-12-21(13-17)28(24,25)18-9-7-16(8-10-18)20(23)27-14-15-5-3-2-4-6-15/h2-6,16-18H,7-14H2,1H3. The van der Waals surface area contributed by atoms with Crippen LogP contribution in [0, 0.1) is 11.8 Å². The normalized spacial score (nSPS) is 26.0. The number of carbonyl (C=O) groups excluding carboxylic acids is 2. The number of benzene rings is 1. The molecule has 0 amide bonds. The highest BCUT2D eigenvalue weighted by Crippen LogP contribution is 2.33. The monoisotopic (exact) mass is 409 g/mol. The molecule has 0 N–H and O–H groups in total. The van der Waals surface area contributed by atoms with Crippen molar-refractivity contribution in [3.63, 3.8) is 0 Å². The van der Waals surface area contributed by atoms with Crippen LogP contribution >= 0.6 is 0 Å². The van der Waals surface area contributed by atoms with E-state index in [2.05, 4.69) is 0 Å². The summed E-state index contributed by atoms with van der Waals surface area (Å²) in [6.45, 7) is 0.774. The minimum atomic E-state index is -3.47. The number of hydrogen-bond acceptors (Lipinski definition) is 6. The molecule has 1 aliphatic heterocycles. The van der Waals surface area contributed by atoms with Gasteiger partial charge in [0, 0.05) is 13.1 Å². The molecule has 2 aliphatic rings. The zero-order chi connectivity index (χ0) is 20.1. The van der Waals surface area contributed by atoms with Crippen molar-refractivity contribution in [2.24, 2.45) is 11.8 Å². The van der Waals surface area contributed by atoms with Gasteiger partial charge in [-0.25, -0.2) is 12.7 Å². The molecular weight excluding hydrogens is 382 g/mol. The van der Waals surface area contributed by atoms with Gasteiger partial charge in [0.05, 0.1) is 24.2 Å². The number of carbonyl (C=O) groups is 2. The fourth-order valence-electron chi connectivity index (χ4n) is 3.97. The molecule has 154 valence electrons. The van der Waals surface area contributed by atoms with Crippen molar-refractivity contribution in [3.05, 3.63) is 35.9 Å². The number of hydrogen-bond donors (Lipinski definition) is 0. The number of rotatable bonds is 6. The fourth-order valence-corrected chi connectivity index (χ4v) is 6.01. The molecule has 8 heteroatoms. The van der Waals surface area contributed by atoms with Crippen molar-refractivity contribution >= 4 is 22.0 Å². The van der Waals surface area contributed by atoms with E-state index in [1.165, 1.54) is 11.4 Å². The zero-order valence-electron chi connectivity index (χ0n) is 16.1. The SMILES string of the molecule is COC(=O)C1CCN(S(=O)(=O)C2CCC(C(=O)OCc3ccccc3)CC2)C1. The summed E-state index contributed by atoms with van der Waals surface area (Å²) < 4.78 is 37.3. The van der Waals surface area contributed by atoms with Crippen LogP contribution in [0.5, 0.6) is 0 Å². The van der Waals surface area contributed by atoms with E-state index in [0.29, 0.717) is 38.6 Å². The van der Waals surface area contributed by atoms with Crippen molar-refractivity contribution in [2.75, 3.05) is 20.2 Å². The van der Waals surface area contributed by atoms with Crippen molar-refractivity contribution in [1.29, 1.82) is 0 Å². The summed E-state index contributed by atoms with van der Waals surface area (Å²) in [5.41, 5.74) is 0.932. The average Bonchev–Trinajstić information content (AvgIpc) is 3.23. The van der Waals surface area contributed by atoms with Crippen molar-refractivity contribution in [3.8, 4) is 0 Å². The van der Waals surface area contributed by atoms with Crippen LogP contribution in [0.15, 0.2) is 30.3 Å². The van der Waals surface area contributed by atoms with Crippen LogP contribution in [0.3, 0.4) is 0 Å². The molecule has 28 heavy (non-hydrogen) atoms.